The van der Waals surface area contributed by atoms with Gasteiger partial charge in [-0.1, -0.05) is 0 Å². The average Bonchev–Trinajstić information content (AvgIpc) is 2.31. The van der Waals surface area contributed by atoms with Crippen molar-refractivity contribution in [3.8, 4) is 0 Å². The molecule has 18 heavy (non-hydrogen) atoms. The summed E-state index contributed by atoms with van der Waals surface area (Å²) in [4.78, 5) is 12.3. The summed E-state index contributed by atoms with van der Waals surface area (Å²) in [5.74, 6) is 0. The van der Waals surface area contributed by atoms with Crippen molar-refractivity contribution in [1.29, 1.82) is 0 Å². The van der Waals surface area contributed by atoms with Crippen LogP contribution in [-0.2, 0) is 6.54 Å². The molecule has 0 aliphatic carbocycles. The normalized spacial score (nSPS) is 18.4. The number of hydrogen-bond acceptors (Lipinski definition) is 4. The molecule has 1 aromatic heterocycles. The molecule has 0 saturated carbocycles. The molecule has 0 N–H and O–H groups in total. The van der Waals surface area contributed by atoms with Crippen molar-refractivity contribution in [3.05, 3.63) is 23.8 Å². The van der Waals surface area contributed by atoms with Crippen LogP contribution in [0.5, 0.6) is 0 Å². The second-order valence-corrected chi connectivity index (χ2v) is 4.62. The maximum absolute atomic E-state index is 12.2. The Morgan fingerprint density at radius 3 is 2.44 bits per heavy atom. The second kappa shape index (κ2) is 6.15. The number of halogens is 2. The summed E-state index contributed by atoms with van der Waals surface area (Å²) in [5.41, 5.74) is 1.95. The van der Waals surface area contributed by atoms with Crippen LogP contribution in [0.15, 0.2) is 12.4 Å². The Bertz CT molecular complexity index is 378. The van der Waals surface area contributed by atoms with Crippen LogP contribution in [-0.4, -0.2) is 58.9 Å². The van der Waals surface area contributed by atoms with Crippen LogP contribution < -0.4 is 0 Å². The molecule has 0 unspecified atom stereocenters. The number of nitrogens with zero attached hydrogens (tertiary/aromatic N) is 4. The highest BCUT2D eigenvalue weighted by molar-refractivity contribution is 5.06. The van der Waals surface area contributed by atoms with Crippen molar-refractivity contribution in [2.24, 2.45) is 0 Å². The topological polar surface area (TPSA) is 32.3 Å². The number of aromatic nitrogens is 2. The monoisotopic (exact) mass is 256 g/mol. The lowest BCUT2D eigenvalue weighted by Crippen LogP contribution is -2.47. The molecule has 100 valence electrons. The Balaban J connectivity index is 1.80. The predicted octanol–water partition coefficient (Wildman–Crippen LogP) is 1.17. The van der Waals surface area contributed by atoms with Crippen LogP contribution in [0.1, 0.15) is 11.4 Å². The van der Waals surface area contributed by atoms with Crippen molar-refractivity contribution in [3.63, 3.8) is 0 Å². The summed E-state index contributed by atoms with van der Waals surface area (Å²) in [6, 6.07) is 1.96. The van der Waals surface area contributed by atoms with E-state index >= 15 is 0 Å². The molecule has 0 radical (unpaired) electrons. The van der Waals surface area contributed by atoms with E-state index in [1.54, 1.807) is 6.33 Å². The van der Waals surface area contributed by atoms with Crippen LogP contribution in [0.2, 0.25) is 0 Å². The fourth-order valence-electron chi connectivity index (χ4n) is 2.15. The first-order valence-electron chi connectivity index (χ1n) is 6.14. The van der Waals surface area contributed by atoms with E-state index in [-0.39, 0.29) is 6.54 Å². The number of alkyl halides is 2. The van der Waals surface area contributed by atoms with Crippen LogP contribution in [0.25, 0.3) is 0 Å². The predicted molar refractivity (Wildman–Crippen MR) is 64.5 cm³/mol. The lowest BCUT2D eigenvalue weighted by Gasteiger charge is -2.34. The van der Waals surface area contributed by atoms with Crippen LogP contribution >= 0.6 is 0 Å². The van der Waals surface area contributed by atoms with Gasteiger partial charge in [-0.3, -0.25) is 9.80 Å². The first-order chi connectivity index (χ1) is 8.63. The van der Waals surface area contributed by atoms with E-state index in [0.717, 1.165) is 31.0 Å². The molecular weight excluding hydrogens is 238 g/mol. The number of piperazine rings is 1. The minimum atomic E-state index is -2.24. The molecule has 0 amide bonds. The molecule has 1 saturated heterocycles. The third-order valence-electron chi connectivity index (χ3n) is 3.11. The van der Waals surface area contributed by atoms with Gasteiger partial charge in [0.25, 0.3) is 6.43 Å². The quantitative estimate of drug-likeness (QED) is 0.809. The largest absolute Gasteiger partial charge is 0.295 e. The second-order valence-electron chi connectivity index (χ2n) is 4.62. The Morgan fingerprint density at radius 2 is 1.83 bits per heavy atom. The van der Waals surface area contributed by atoms with E-state index in [9.17, 15) is 8.78 Å². The van der Waals surface area contributed by atoms with Gasteiger partial charge in [-0.25, -0.2) is 18.7 Å². The molecule has 1 aliphatic rings. The highest BCUT2D eigenvalue weighted by atomic mass is 19.3. The van der Waals surface area contributed by atoms with Gasteiger partial charge in [0.15, 0.2) is 0 Å². The van der Waals surface area contributed by atoms with E-state index in [1.807, 2.05) is 17.9 Å². The Morgan fingerprint density at radius 1 is 1.17 bits per heavy atom. The Labute approximate surface area is 106 Å². The third-order valence-corrected chi connectivity index (χ3v) is 3.11. The molecular formula is C12H18F2N4. The smallest absolute Gasteiger partial charge is 0.251 e. The zero-order chi connectivity index (χ0) is 13.0. The Hall–Kier alpha value is -1.14. The molecule has 0 spiro atoms. The van der Waals surface area contributed by atoms with Gasteiger partial charge in [0, 0.05) is 38.4 Å². The fraction of sp³-hybridized carbons (Fsp3) is 0.667. The molecule has 1 aliphatic heterocycles. The van der Waals surface area contributed by atoms with E-state index < -0.39 is 6.43 Å². The molecule has 1 aromatic rings. The molecule has 4 nitrogen and oxygen atoms in total. The zero-order valence-corrected chi connectivity index (χ0v) is 10.5. The number of aryl methyl sites for hydroxylation is 1. The third kappa shape index (κ3) is 3.96. The summed E-state index contributed by atoms with van der Waals surface area (Å²) in [7, 11) is 0. The van der Waals surface area contributed by atoms with Crippen LogP contribution in [0, 0.1) is 6.92 Å². The molecule has 1 fully saturated rings. The van der Waals surface area contributed by atoms with E-state index in [2.05, 4.69) is 14.9 Å². The van der Waals surface area contributed by atoms with Gasteiger partial charge in [-0.05, 0) is 13.0 Å². The van der Waals surface area contributed by atoms with Gasteiger partial charge in [0.05, 0.1) is 12.2 Å². The maximum Gasteiger partial charge on any atom is 0.251 e. The van der Waals surface area contributed by atoms with Gasteiger partial charge < -0.3 is 0 Å². The standard InChI is InChI=1S/C12H18F2N4/c1-10-6-11(16-9-15-10)7-17-2-4-18(5-3-17)8-12(13)14/h6,9,12H,2-5,7-8H2,1H3. The van der Waals surface area contributed by atoms with Gasteiger partial charge in [-0.2, -0.15) is 0 Å². The van der Waals surface area contributed by atoms with E-state index in [4.69, 9.17) is 0 Å². The molecule has 2 heterocycles. The highest BCUT2D eigenvalue weighted by Crippen LogP contribution is 2.08. The highest BCUT2D eigenvalue weighted by Gasteiger charge is 2.19. The van der Waals surface area contributed by atoms with Gasteiger partial charge >= 0.3 is 0 Å². The summed E-state index contributed by atoms with van der Waals surface area (Å²) >= 11 is 0. The van der Waals surface area contributed by atoms with Crippen molar-refractivity contribution >= 4 is 0 Å². The molecule has 0 atom stereocenters. The minimum Gasteiger partial charge on any atom is -0.295 e. The van der Waals surface area contributed by atoms with E-state index in [0.29, 0.717) is 13.1 Å². The molecule has 0 bridgehead atoms. The minimum absolute atomic E-state index is 0.111. The first kappa shape index (κ1) is 13.3. The lowest BCUT2D eigenvalue weighted by atomic mass is 10.2. The summed E-state index contributed by atoms with van der Waals surface area (Å²) < 4.78 is 24.5. The van der Waals surface area contributed by atoms with Gasteiger partial charge in [0.1, 0.15) is 6.33 Å². The lowest BCUT2D eigenvalue weighted by molar-refractivity contribution is 0.0540. The Kier molecular flexibility index (Phi) is 4.54. The fourth-order valence-corrected chi connectivity index (χ4v) is 2.15. The van der Waals surface area contributed by atoms with Crippen molar-refractivity contribution in [2.45, 2.75) is 19.9 Å². The molecule has 2 rings (SSSR count). The van der Waals surface area contributed by atoms with Crippen molar-refractivity contribution < 1.29 is 8.78 Å². The average molecular weight is 256 g/mol. The van der Waals surface area contributed by atoms with Gasteiger partial charge in [0.2, 0.25) is 0 Å². The first-order valence-corrected chi connectivity index (χ1v) is 6.14. The SMILES string of the molecule is Cc1cc(CN2CCN(CC(F)F)CC2)ncn1. The van der Waals surface area contributed by atoms with E-state index in [1.165, 1.54) is 0 Å². The number of hydrogen-bond donors (Lipinski definition) is 0. The summed E-state index contributed by atoms with van der Waals surface area (Å²) in [6.07, 6.45) is -0.668. The van der Waals surface area contributed by atoms with Crippen LogP contribution in [0.4, 0.5) is 8.78 Å². The number of rotatable bonds is 4. The molecule has 0 aromatic carbocycles. The van der Waals surface area contributed by atoms with Gasteiger partial charge in [-0.15, -0.1) is 0 Å². The van der Waals surface area contributed by atoms with Crippen molar-refractivity contribution in [2.75, 3.05) is 32.7 Å². The summed E-state index contributed by atoms with van der Waals surface area (Å²) in [5, 5.41) is 0. The summed E-state index contributed by atoms with van der Waals surface area (Å²) in [6.45, 7) is 5.63. The maximum atomic E-state index is 12.2. The molecule has 6 heteroatoms. The van der Waals surface area contributed by atoms with Crippen molar-refractivity contribution in [1.82, 2.24) is 19.8 Å². The van der Waals surface area contributed by atoms with Crippen LogP contribution in [0.3, 0.4) is 0 Å². The zero-order valence-electron chi connectivity index (χ0n) is 10.5.